The molecule has 4 rings (SSSR count). The average Bonchev–Trinajstić information content (AvgIpc) is 3.11. The number of hydrogen-bond acceptors (Lipinski definition) is 2. The van der Waals surface area contributed by atoms with Crippen molar-refractivity contribution in [2.75, 3.05) is 6.61 Å². The monoisotopic (exact) mass is 416 g/mol. The normalized spacial score (nSPS) is 11.6. The summed E-state index contributed by atoms with van der Waals surface area (Å²) in [5.74, 6) is 2.29. The number of fused-ring (bicyclic) bond motifs is 1. The van der Waals surface area contributed by atoms with Crippen molar-refractivity contribution in [3.8, 4) is 5.75 Å². The smallest absolute Gasteiger partial charge is 0.133 e. The van der Waals surface area contributed by atoms with Crippen LogP contribution in [-0.4, -0.2) is 16.2 Å². The first-order chi connectivity index (χ1) is 14.6. The number of aromatic nitrogens is 2. The van der Waals surface area contributed by atoms with E-state index in [1.54, 1.807) is 0 Å². The van der Waals surface area contributed by atoms with Gasteiger partial charge in [0.15, 0.2) is 0 Å². The second-order valence-corrected chi connectivity index (χ2v) is 7.97. The van der Waals surface area contributed by atoms with Gasteiger partial charge in [-0.1, -0.05) is 74.0 Å². The minimum atomic E-state index is 0.424. The van der Waals surface area contributed by atoms with E-state index in [-0.39, 0.29) is 0 Å². The highest BCUT2D eigenvalue weighted by Gasteiger charge is 2.10. The summed E-state index contributed by atoms with van der Waals surface area (Å²) < 4.78 is 8.37. The van der Waals surface area contributed by atoms with Crippen LogP contribution < -0.4 is 4.74 Å². The van der Waals surface area contributed by atoms with Crippen LogP contribution in [0.25, 0.3) is 23.2 Å². The number of halogens is 1. The summed E-state index contributed by atoms with van der Waals surface area (Å²) in [5.41, 5.74) is 4.40. The van der Waals surface area contributed by atoms with Crippen LogP contribution in [0.2, 0.25) is 5.02 Å². The van der Waals surface area contributed by atoms with Crippen molar-refractivity contribution in [2.45, 2.75) is 26.3 Å². The van der Waals surface area contributed by atoms with E-state index in [4.69, 9.17) is 21.3 Å². The molecule has 0 radical (unpaired) electrons. The summed E-state index contributed by atoms with van der Waals surface area (Å²) in [7, 11) is 0. The molecule has 0 amide bonds. The minimum Gasteiger partial charge on any atom is -0.491 e. The van der Waals surface area contributed by atoms with E-state index in [2.05, 4.69) is 42.7 Å². The van der Waals surface area contributed by atoms with Crippen LogP contribution in [0.5, 0.6) is 5.75 Å². The van der Waals surface area contributed by atoms with E-state index in [9.17, 15) is 0 Å². The van der Waals surface area contributed by atoms with E-state index >= 15 is 0 Å². The van der Waals surface area contributed by atoms with Crippen LogP contribution in [0.1, 0.15) is 36.7 Å². The molecule has 0 aliphatic carbocycles. The van der Waals surface area contributed by atoms with Gasteiger partial charge in [-0.05, 0) is 53.5 Å². The van der Waals surface area contributed by atoms with Crippen molar-refractivity contribution in [3.05, 3.63) is 94.8 Å². The quantitative estimate of drug-likeness (QED) is 0.322. The van der Waals surface area contributed by atoms with E-state index in [0.717, 1.165) is 33.2 Å². The first kappa shape index (κ1) is 20.2. The Labute approximate surface area is 182 Å². The van der Waals surface area contributed by atoms with Gasteiger partial charge in [0, 0.05) is 5.02 Å². The molecular formula is C26H25ClN2O. The van der Waals surface area contributed by atoms with E-state index < -0.39 is 0 Å². The summed E-state index contributed by atoms with van der Waals surface area (Å²) >= 11 is 5.99. The zero-order valence-corrected chi connectivity index (χ0v) is 18.0. The largest absolute Gasteiger partial charge is 0.491 e. The minimum absolute atomic E-state index is 0.424. The summed E-state index contributed by atoms with van der Waals surface area (Å²) in [5, 5.41) is 0.734. The molecule has 0 atom stereocenters. The molecule has 1 heterocycles. The van der Waals surface area contributed by atoms with Gasteiger partial charge in [-0.2, -0.15) is 0 Å². The average molecular weight is 417 g/mol. The summed E-state index contributed by atoms with van der Waals surface area (Å²) in [4.78, 5) is 4.81. The number of benzene rings is 3. The summed E-state index contributed by atoms with van der Waals surface area (Å²) in [6.45, 7) is 5.66. The molecule has 0 bridgehead atoms. The van der Waals surface area contributed by atoms with Gasteiger partial charge in [-0.15, -0.1) is 0 Å². The van der Waals surface area contributed by atoms with Crippen LogP contribution in [0.3, 0.4) is 0 Å². The molecule has 0 saturated carbocycles. The lowest BCUT2D eigenvalue weighted by atomic mass is 10.0. The Bertz CT molecular complexity index is 1160. The number of ether oxygens (including phenoxy) is 1. The van der Waals surface area contributed by atoms with Crippen LogP contribution in [0, 0.1) is 0 Å². The molecule has 0 N–H and O–H groups in total. The van der Waals surface area contributed by atoms with Crippen LogP contribution >= 0.6 is 11.6 Å². The van der Waals surface area contributed by atoms with Crippen LogP contribution in [-0.2, 0) is 6.54 Å². The van der Waals surface area contributed by atoms with Gasteiger partial charge in [0.1, 0.15) is 18.2 Å². The first-order valence-electron chi connectivity index (χ1n) is 10.2. The Hall–Kier alpha value is -3.04. The maximum Gasteiger partial charge on any atom is 0.133 e. The highest BCUT2D eigenvalue weighted by molar-refractivity contribution is 6.30. The van der Waals surface area contributed by atoms with Gasteiger partial charge in [0.25, 0.3) is 0 Å². The third-order valence-electron chi connectivity index (χ3n) is 5.09. The molecule has 4 heteroatoms. The van der Waals surface area contributed by atoms with Crippen molar-refractivity contribution in [3.63, 3.8) is 0 Å². The Kier molecular flexibility index (Phi) is 6.20. The van der Waals surface area contributed by atoms with Crippen molar-refractivity contribution >= 4 is 34.8 Å². The van der Waals surface area contributed by atoms with Crippen molar-refractivity contribution < 1.29 is 4.74 Å². The maximum absolute atomic E-state index is 6.16. The Balaban J connectivity index is 1.57. The van der Waals surface area contributed by atoms with Gasteiger partial charge in [-0.3, -0.25) is 0 Å². The SMILES string of the molecule is CC(C)c1ccccc1OCCn1c(/C=C/c2ccc(Cl)cc2)nc2ccccc21. The first-order valence-corrected chi connectivity index (χ1v) is 10.6. The number of nitrogens with zero attached hydrogens (tertiary/aromatic N) is 2. The lowest BCUT2D eigenvalue weighted by Gasteiger charge is -2.14. The molecule has 0 aliphatic rings. The molecule has 0 spiro atoms. The molecule has 0 unspecified atom stereocenters. The molecule has 0 aliphatic heterocycles. The Morgan fingerprint density at radius 1 is 0.933 bits per heavy atom. The topological polar surface area (TPSA) is 27.1 Å². The number of hydrogen-bond donors (Lipinski definition) is 0. The number of imidazole rings is 1. The maximum atomic E-state index is 6.16. The molecule has 0 fully saturated rings. The number of rotatable bonds is 7. The van der Waals surface area contributed by atoms with Crippen molar-refractivity contribution in [1.29, 1.82) is 0 Å². The van der Waals surface area contributed by atoms with Crippen LogP contribution in [0.4, 0.5) is 0 Å². The van der Waals surface area contributed by atoms with E-state index in [1.165, 1.54) is 5.56 Å². The fourth-order valence-corrected chi connectivity index (χ4v) is 3.66. The predicted molar refractivity (Wildman–Crippen MR) is 126 cm³/mol. The lowest BCUT2D eigenvalue weighted by Crippen LogP contribution is -2.10. The van der Waals surface area contributed by atoms with Gasteiger partial charge in [0.05, 0.1) is 17.6 Å². The molecular weight excluding hydrogens is 392 g/mol. The van der Waals surface area contributed by atoms with Gasteiger partial charge < -0.3 is 9.30 Å². The number of para-hydroxylation sites is 3. The highest BCUT2D eigenvalue weighted by Crippen LogP contribution is 2.26. The lowest BCUT2D eigenvalue weighted by molar-refractivity contribution is 0.296. The van der Waals surface area contributed by atoms with Gasteiger partial charge >= 0.3 is 0 Å². The fraction of sp³-hybridized carbons (Fsp3) is 0.192. The molecule has 152 valence electrons. The van der Waals surface area contributed by atoms with Gasteiger partial charge in [0.2, 0.25) is 0 Å². The zero-order valence-electron chi connectivity index (χ0n) is 17.3. The highest BCUT2D eigenvalue weighted by atomic mass is 35.5. The standard InChI is InChI=1S/C26H25ClN2O/c1-19(2)22-7-3-6-10-25(22)30-18-17-29-24-9-5-4-8-23(24)28-26(29)16-13-20-11-14-21(27)15-12-20/h3-16,19H,17-18H2,1-2H3/b16-13+. The zero-order chi connectivity index (χ0) is 20.9. The summed E-state index contributed by atoms with van der Waals surface area (Å²) in [6.07, 6.45) is 4.11. The predicted octanol–water partition coefficient (Wildman–Crippen LogP) is 7.06. The molecule has 3 aromatic carbocycles. The molecule has 3 nitrogen and oxygen atoms in total. The third kappa shape index (κ3) is 4.58. The fourth-order valence-electron chi connectivity index (χ4n) is 3.54. The molecule has 1 aromatic heterocycles. The molecule has 30 heavy (non-hydrogen) atoms. The molecule has 4 aromatic rings. The van der Waals surface area contributed by atoms with E-state index in [0.29, 0.717) is 19.1 Å². The van der Waals surface area contributed by atoms with Crippen molar-refractivity contribution in [1.82, 2.24) is 9.55 Å². The Morgan fingerprint density at radius 3 is 2.47 bits per heavy atom. The summed E-state index contributed by atoms with van der Waals surface area (Å²) in [6, 6.07) is 24.2. The van der Waals surface area contributed by atoms with Crippen molar-refractivity contribution in [2.24, 2.45) is 0 Å². The van der Waals surface area contributed by atoms with Crippen LogP contribution in [0.15, 0.2) is 72.8 Å². The second-order valence-electron chi connectivity index (χ2n) is 7.54. The van der Waals surface area contributed by atoms with Gasteiger partial charge in [-0.25, -0.2) is 4.98 Å². The second kappa shape index (κ2) is 9.19. The third-order valence-corrected chi connectivity index (χ3v) is 5.34. The van der Waals surface area contributed by atoms with E-state index in [1.807, 2.05) is 60.7 Å². The molecule has 0 saturated heterocycles. The Morgan fingerprint density at radius 2 is 1.67 bits per heavy atom.